The van der Waals surface area contributed by atoms with E-state index in [-0.39, 0.29) is 17.5 Å². The van der Waals surface area contributed by atoms with Crippen LogP contribution in [0.1, 0.15) is 48.1 Å². The van der Waals surface area contributed by atoms with E-state index >= 15 is 0 Å². The largest absolute Gasteiger partial charge is 0.373 e. The van der Waals surface area contributed by atoms with Crippen LogP contribution in [-0.2, 0) is 17.6 Å². The van der Waals surface area contributed by atoms with Crippen LogP contribution in [0.15, 0.2) is 54.2 Å². The second-order valence-corrected chi connectivity index (χ2v) is 8.95. The van der Waals surface area contributed by atoms with Gasteiger partial charge in [-0.05, 0) is 73.9 Å². The Morgan fingerprint density at radius 2 is 1.81 bits per heavy atom. The second-order valence-electron chi connectivity index (χ2n) is 8.95. The molecule has 0 aromatic heterocycles. The van der Waals surface area contributed by atoms with Gasteiger partial charge >= 0.3 is 0 Å². The van der Waals surface area contributed by atoms with Crippen molar-refractivity contribution in [1.82, 2.24) is 10.2 Å². The van der Waals surface area contributed by atoms with Crippen molar-refractivity contribution in [3.63, 3.8) is 0 Å². The Kier molecular flexibility index (Phi) is 6.80. The maximum Gasteiger partial charge on any atom is 0.263 e. The van der Waals surface area contributed by atoms with Gasteiger partial charge in [0.05, 0.1) is 6.04 Å². The number of fused-ring (bicyclic) bond motifs is 1. The van der Waals surface area contributed by atoms with E-state index in [2.05, 4.69) is 70.6 Å². The van der Waals surface area contributed by atoms with Crippen molar-refractivity contribution >= 4 is 11.6 Å². The zero-order valence-corrected chi connectivity index (χ0v) is 19.1. The summed E-state index contributed by atoms with van der Waals surface area (Å²) >= 11 is 0. The van der Waals surface area contributed by atoms with E-state index in [9.17, 15) is 10.1 Å². The number of rotatable bonds is 5. The van der Waals surface area contributed by atoms with Crippen molar-refractivity contribution in [2.75, 3.05) is 31.1 Å². The Balaban J connectivity index is 1.36. The molecule has 1 unspecified atom stereocenters. The van der Waals surface area contributed by atoms with Gasteiger partial charge in [0.1, 0.15) is 11.6 Å². The summed E-state index contributed by atoms with van der Waals surface area (Å²) in [4.78, 5) is 17.2. The lowest BCUT2D eigenvalue weighted by Gasteiger charge is -2.35. The summed E-state index contributed by atoms with van der Waals surface area (Å²) in [5.41, 5.74) is 6.58. The first-order chi connectivity index (χ1) is 15.5. The lowest BCUT2D eigenvalue weighted by molar-refractivity contribution is -0.117. The fourth-order valence-electron chi connectivity index (χ4n) is 4.64. The van der Waals surface area contributed by atoms with Crippen molar-refractivity contribution in [2.45, 2.75) is 45.6 Å². The first kappa shape index (κ1) is 22.0. The zero-order chi connectivity index (χ0) is 22.5. The number of hydrogen-bond donors (Lipinski definition) is 1. The molecule has 1 aliphatic carbocycles. The number of nitriles is 1. The van der Waals surface area contributed by atoms with Gasteiger partial charge in [0.2, 0.25) is 0 Å². The monoisotopic (exact) mass is 428 g/mol. The fourth-order valence-corrected chi connectivity index (χ4v) is 4.64. The first-order valence-corrected chi connectivity index (χ1v) is 11.6. The van der Waals surface area contributed by atoms with Crippen LogP contribution >= 0.6 is 0 Å². The molecule has 0 saturated carbocycles. The lowest BCUT2D eigenvalue weighted by atomic mass is 9.89. The van der Waals surface area contributed by atoms with Crippen LogP contribution in [0.4, 0.5) is 5.69 Å². The average Bonchev–Trinajstić information content (AvgIpc) is 2.82. The number of nitrogens with one attached hydrogen (secondary N) is 1. The molecule has 1 fully saturated rings. The van der Waals surface area contributed by atoms with E-state index in [0.717, 1.165) is 44.6 Å². The molecule has 2 aliphatic rings. The Bertz CT molecular complexity index is 1040. The standard InChI is InChI=1S/C27H32N4O/c1-20-6-5-9-26(16-20)31-14-12-30(13-15-31)19-25(18-28)27(32)29-21(2)23-11-10-22-7-3-4-8-24(22)17-23/h5-6,9-11,16-17,19,21H,3-4,7-8,12-15H2,1-2H3,(H,29,32)/b25-19-. The van der Waals surface area contributed by atoms with Crippen molar-refractivity contribution < 1.29 is 4.79 Å². The molecule has 2 aromatic rings. The van der Waals surface area contributed by atoms with E-state index in [1.807, 2.05) is 6.92 Å². The van der Waals surface area contributed by atoms with Crippen LogP contribution in [0.5, 0.6) is 0 Å². The van der Waals surface area contributed by atoms with Gasteiger partial charge in [-0.15, -0.1) is 0 Å². The third-order valence-corrected chi connectivity index (χ3v) is 6.58. The molecule has 5 heteroatoms. The molecule has 32 heavy (non-hydrogen) atoms. The van der Waals surface area contributed by atoms with Gasteiger partial charge < -0.3 is 15.1 Å². The van der Waals surface area contributed by atoms with Gasteiger partial charge in [-0.25, -0.2) is 0 Å². The topological polar surface area (TPSA) is 59.4 Å². The fraction of sp³-hybridized carbons (Fsp3) is 0.407. The van der Waals surface area contributed by atoms with Crippen LogP contribution in [0.2, 0.25) is 0 Å². The van der Waals surface area contributed by atoms with Gasteiger partial charge in [0.15, 0.2) is 0 Å². The molecule has 0 radical (unpaired) electrons. The molecule has 5 nitrogen and oxygen atoms in total. The number of carbonyl (C=O) groups excluding carboxylic acids is 1. The molecule has 166 valence electrons. The van der Waals surface area contributed by atoms with Crippen LogP contribution < -0.4 is 10.2 Å². The van der Waals surface area contributed by atoms with Crippen LogP contribution in [0, 0.1) is 18.3 Å². The molecule has 0 bridgehead atoms. The summed E-state index contributed by atoms with van der Waals surface area (Å²) in [6.45, 7) is 7.39. The lowest BCUT2D eigenvalue weighted by Crippen LogP contribution is -2.44. The average molecular weight is 429 g/mol. The molecule has 1 heterocycles. The van der Waals surface area contributed by atoms with Crippen molar-refractivity contribution in [1.29, 1.82) is 5.26 Å². The highest BCUT2D eigenvalue weighted by atomic mass is 16.1. The Morgan fingerprint density at radius 1 is 1.06 bits per heavy atom. The van der Waals surface area contributed by atoms with Gasteiger partial charge in [0.25, 0.3) is 5.91 Å². The molecule has 1 atom stereocenters. The summed E-state index contributed by atoms with van der Waals surface area (Å²) in [5, 5.41) is 12.6. The zero-order valence-electron chi connectivity index (χ0n) is 19.1. The molecule has 4 rings (SSSR count). The number of amides is 1. The number of aryl methyl sites for hydroxylation is 3. The number of piperazine rings is 1. The smallest absolute Gasteiger partial charge is 0.263 e. The van der Waals surface area contributed by atoms with Crippen LogP contribution in [0.25, 0.3) is 0 Å². The van der Waals surface area contributed by atoms with Gasteiger partial charge in [-0.1, -0.05) is 30.3 Å². The van der Waals surface area contributed by atoms with Gasteiger partial charge in [-0.2, -0.15) is 5.26 Å². The van der Waals surface area contributed by atoms with E-state index < -0.39 is 0 Å². The Morgan fingerprint density at radius 3 is 2.53 bits per heavy atom. The van der Waals surface area contributed by atoms with Crippen molar-refractivity contribution in [2.24, 2.45) is 0 Å². The summed E-state index contributed by atoms with van der Waals surface area (Å²) < 4.78 is 0. The molecular formula is C27H32N4O. The highest BCUT2D eigenvalue weighted by Crippen LogP contribution is 2.25. The number of benzene rings is 2. The van der Waals surface area contributed by atoms with E-state index in [0.29, 0.717) is 0 Å². The molecule has 1 amide bonds. The third-order valence-electron chi connectivity index (χ3n) is 6.58. The maximum atomic E-state index is 12.8. The highest BCUT2D eigenvalue weighted by molar-refractivity contribution is 5.97. The van der Waals surface area contributed by atoms with Crippen LogP contribution in [-0.4, -0.2) is 37.0 Å². The number of anilines is 1. The summed E-state index contributed by atoms with van der Waals surface area (Å²) in [6.07, 6.45) is 6.48. The van der Waals surface area contributed by atoms with Crippen molar-refractivity contribution in [3.8, 4) is 6.07 Å². The first-order valence-electron chi connectivity index (χ1n) is 11.6. The predicted octanol–water partition coefficient (Wildman–Crippen LogP) is 4.28. The number of nitrogens with zero attached hydrogens (tertiary/aromatic N) is 3. The quantitative estimate of drug-likeness (QED) is 0.570. The Hall–Kier alpha value is -3.26. The molecule has 0 spiro atoms. The molecule has 1 saturated heterocycles. The van der Waals surface area contributed by atoms with Crippen LogP contribution in [0.3, 0.4) is 0 Å². The summed E-state index contributed by atoms with van der Waals surface area (Å²) in [5.74, 6) is -0.307. The normalized spacial score (nSPS) is 17.3. The number of carbonyl (C=O) groups is 1. The second kappa shape index (κ2) is 9.91. The maximum absolute atomic E-state index is 12.8. The van der Waals surface area contributed by atoms with E-state index in [1.165, 1.54) is 35.2 Å². The molecular weight excluding hydrogens is 396 g/mol. The van der Waals surface area contributed by atoms with Crippen molar-refractivity contribution in [3.05, 3.63) is 76.5 Å². The summed E-state index contributed by atoms with van der Waals surface area (Å²) in [6, 6.07) is 17.0. The number of hydrogen-bond acceptors (Lipinski definition) is 4. The minimum atomic E-state index is -0.307. The van der Waals surface area contributed by atoms with E-state index in [1.54, 1.807) is 6.20 Å². The van der Waals surface area contributed by atoms with Gasteiger partial charge in [-0.3, -0.25) is 4.79 Å². The molecule has 1 N–H and O–H groups in total. The van der Waals surface area contributed by atoms with E-state index in [4.69, 9.17) is 0 Å². The third kappa shape index (κ3) is 5.13. The Labute approximate surface area is 191 Å². The molecule has 1 aliphatic heterocycles. The SMILES string of the molecule is Cc1cccc(N2CCN(/C=C(/C#N)C(=O)NC(C)c3ccc4c(c3)CCCC4)CC2)c1. The molecule has 2 aromatic carbocycles. The predicted molar refractivity (Wildman–Crippen MR) is 128 cm³/mol. The minimum Gasteiger partial charge on any atom is -0.373 e. The summed E-state index contributed by atoms with van der Waals surface area (Å²) in [7, 11) is 0. The minimum absolute atomic E-state index is 0.135. The highest BCUT2D eigenvalue weighted by Gasteiger charge is 2.20. The van der Waals surface area contributed by atoms with Gasteiger partial charge in [0, 0.05) is 38.1 Å².